The van der Waals surface area contributed by atoms with Crippen LogP contribution in [0.1, 0.15) is 48.0 Å². The van der Waals surface area contributed by atoms with Crippen molar-refractivity contribution in [3.05, 3.63) is 0 Å². The van der Waals surface area contributed by atoms with Crippen LogP contribution < -0.4 is 0 Å². The zero-order chi connectivity index (χ0) is 15.3. The van der Waals surface area contributed by atoms with Gasteiger partial charge in [-0.1, -0.05) is 0 Å². The summed E-state index contributed by atoms with van der Waals surface area (Å²) in [7, 11) is 0. The molecule has 112 valence electrons. The van der Waals surface area contributed by atoms with Crippen molar-refractivity contribution >= 4 is 28.2 Å². The molecule has 0 amide bonds. The Morgan fingerprint density at radius 1 is 1.11 bits per heavy atom. The fourth-order valence-electron chi connectivity index (χ4n) is 1.32. The van der Waals surface area contributed by atoms with Gasteiger partial charge in [0.25, 0.3) is 0 Å². The predicted molar refractivity (Wildman–Crippen MR) is 71.2 cm³/mol. The number of esters is 1. The molecule has 0 bridgehead atoms. The summed E-state index contributed by atoms with van der Waals surface area (Å²) in [6, 6.07) is 0. The van der Waals surface area contributed by atoms with Gasteiger partial charge in [-0.25, -0.2) is 19.4 Å². The smallest absolute Gasteiger partial charge is 0.428 e. The maximum atomic E-state index is 11.3. The zero-order valence-corrected chi connectivity index (χ0v) is 13.7. The van der Waals surface area contributed by atoms with Crippen molar-refractivity contribution in [2.75, 3.05) is 0 Å². The van der Waals surface area contributed by atoms with Crippen molar-refractivity contribution < 1.29 is 27.9 Å². The van der Waals surface area contributed by atoms with Crippen LogP contribution in [0.2, 0.25) is 0 Å². The van der Waals surface area contributed by atoms with Gasteiger partial charge >= 0.3 is 11.9 Å². The van der Waals surface area contributed by atoms with E-state index in [2.05, 4.69) is 20.1 Å². The molecule has 0 aliphatic carbocycles. The Bertz CT molecular complexity index is 321. The molecule has 0 aromatic rings. The molecule has 0 aromatic carbocycles. The Hall–Kier alpha value is -0.660. The van der Waals surface area contributed by atoms with E-state index < -0.39 is 23.1 Å². The molecule has 0 rings (SSSR count). The highest BCUT2D eigenvalue weighted by molar-refractivity contribution is 9.06. The molecule has 0 spiro atoms. The van der Waals surface area contributed by atoms with Crippen molar-refractivity contribution in [3.8, 4) is 0 Å². The molecule has 1 unspecified atom stereocenters. The lowest BCUT2D eigenvalue weighted by Crippen LogP contribution is -2.36. The largest absolute Gasteiger partial charge is 0.451 e. The molecule has 0 aliphatic heterocycles. The molecule has 6 nitrogen and oxygen atoms in total. The second-order valence-electron chi connectivity index (χ2n) is 5.82. The SMILES string of the molecule is CC(CC(C)(C)OC(=O)C(=O)OBr)OOC(C)(C)C. The molecule has 1 atom stereocenters. The molecule has 7 heteroatoms. The Morgan fingerprint density at radius 2 is 1.63 bits per heavy atom. The molecule has 0 heterocycles. The van der Waals surface area contributed by atoms with Crippen LogP contribution in [0.4, 0.5) is 0 Å². The van der Waals surface area contributed by atoms with Crippen LogP contribution in [0.25, 0.3) is 0 Å². The van der Waals surface area contributed by atoms with E-state index in [4.69, 9.17) is 14.5 Å². The standard InChI is InChI=1S/C12H21BrO6/c1-8(18-19-11(2,3)4)7-12(5,6)16-9(14)10(15)17-13/h8H,7H2,1-6H3. The van der Waals surface area contributed by atoms with Gasteiger partial charge in [0.1, 0.15) is 5.60 Å². The van der Waals surface area contributed by atoms with Crippen LogP contribution in [-0.4, -0.2) is 29.2 Å². The van der Waals surface area contributed by atoms with Crippen LogP contribution in [0.15, 0.2) is 0 Å². The van der Waals surface area contributed by atoms with Gasteiger partial charge in [-0.3, -0.25) is 0 Å². The molecule has 0 radical (unpaired) electrons. The van der Waals surface area contributed by atoms with Crippen LogP contribution in [-0.2, 0) is 27.9 Å². The Labute approximate surface area is 122 Å². The van der Waals surface area contributed by atoms with Gasteiger partial charge in [0.15, 0.2) is 16.3 Å². The molecule has 0 fully saturated rings. The fraction of sp³-hybridized carbons (Fsp3) is 0.833. The van der Waals surface area contributed by atoms with Crippen molar-refractivity contribution in [1.82, 2.24) is 0 Å². The molecule has 0 aliphatic rings. The van der Waals surface area contributed by atoms with Gasteiger partial charge in [0, 0.05) is 6.42 Å². The van der Waals surface area contributed by atoms with Crippen molar-refractivity contribution in [1.29, 1.82) is 0 Å². The van der Waals surface area contributed by atoms with Crippen molar-refractivity contribution in [2.45, 2.75) is 65.3 Å². The first-order chi connectivity index (χ1) is 8.47. The first-order valence-electron chi connectivity index (χ1n) is 5.87. The van der Waals surface area contributed by atoms with Crippen LogP contribution >= 0.6 is 16.3 Å². The molecule has 0 N–H and O–H groups in total. The van der Waals surface area contributed by atoms with E-state index in [1.54, 1.807) is 20.8 Å². The number of rotatable bonds is 5. The molecule has 0 aromatic heterocycles. The highest BCUT2D eigenvalue weighted by Gasteiger charge is 2.30. The topological polar surface area (TPSA) is 71.1 Å². The number of ether oxygens (including phenoxy) is 1. The molecule has 19 heavy (non-hydrogen) atoms. The third-order valence-corrected chi connectivity index (χ3v) is 2.14. The van der Waals surface area contributed by atoms with Gasteiger partial charge in [0.05, 0.1) is 11.7 Å². The highest BCUT2D eigenvalue weighted by atomic mass is 79.9. The molecular formula is C12H21BrO6. The van der Waals surface area contributed by atoms with Gasteiger partial charge in [0.2, 0.25) is 0 Å². The van der Waals surface area contributed by atoms with Crippen LogP contribution in [0.3, 0.4) is 0 Å². The van der Waals surface area contributed by atoms with E-state index in [1.165, 1.54) is 0 Å². The van der Waals surface area contributed by atoms with E-state index in [1.807, 2.05) is 20.8 Å². The third-order valence-electron chi connectivity index (χ3n) is 1.85. The maximum Gasteiger partial charge on any atom is 0.428 e. The number of hydrogen-bond acceptors (Lipinski definition) is 6. The average Bonchev–Trinajstić information content (AvgIpc) is 2.22. The molecule has 0 saturated heterocycles. The van der Waals surface area contributed by atoms with Crippen LogP contribution in [0.5, 0.6) is 0 Å². The van der Waals surface area contributed by atoms with Crippen molar-refractivity contribution in [2.24, 2.45) is 0 Å². The number of carbonyl (C=O) groups is 2. The minimum absolute atomic E-state index is 0.304. The van der Waals surface area contributed by atoms with Gasteiger partial charge < -0.3 is 8.57 Å². The van der Waals surface area contributed by atoms with E-state index in [-0.39, 0.29) is 6.10 Å². The Balaban J connectivity index is 4.28. The summed E-state index contributed by atoms with van der Waals surface area (Å²) < 4.78 is 9.11. The summed E-state index contributed by atoms with van der Waals surface area (Å²) in [6.07, 6.45) is 0.0618. The first-order valence-corrected chi connectivity index (χ1v) is 6.52. The van der Waals surface area contributed by atoms with E-state index >= 15 is 0 Å². The highest BCUT2D eigenvalue weighted by Crippen LogP contribution is 2.20. The minimum Gasteiger partial charge on any atom is -0.451 e. The number of halogens is 1. The summed E-state index contributed by atoms with van der Waals surface area (Å²) in [5, 5.41) is 0. The quantitative estimate of drug-likeness (QED) is 0.331. The summed E-state index contributed by atoms with van der Waals surface area (Å²) in [5.41, 5.74) is -1.30. The monoisotopic (exact) mass is 340 g/mol. The summed E-state index contributed by atoms with van der Waals surface area (Å²) in [6.45, 7) is 10.7. The summed E-state index contributed by atoms with van der Waals surface area (Å²) in [5.74, 6) is -2.17. The maximum absolute atomic E-state index is 11.3. The van der Waals surface area contributed by atoms with Gasteiger partial charge in [-0.15, -0.1) is 0 Å². The lowest BCUT2D eigenvalue weighted by atomic mass is 10.0. The van der Waals surface area contributed by atoms with Crippen LogP contribution in [0, 0.1) is 0 Å². The number of carbonyl (C=O) groups excluding carboxylic acids is 2. The minimum atomic E-state index is -1.10. The zero-order valence-electron chi connectivity index (χ0n) is 12.1. The second-order valence-corrected chi connectivity index (χ2v) is 6.14. The average molecular weight is 341 g/mol. The number of hydrogen-bond donors (Lipinski definition) is 0. The predicted octanol–water partition coefficient (Wildman–Crippen LogP) is 2.69. The molecule has 0 saturated carbocycles. The lowest BCUT2D eigenvalue weighted by Gasteiger charge is -2.28. The van der Waals surface area contributed by atoms with E-state index in [0.717, 1.165) is 0 Å². The Morgan fingerprint density at radius 3 is 2.05 bits per heavy atom. The first kappa shape index (κ1) is 18.3. The summed E-state index contributed by atoms with van der Waals surface area (Å²) in [4.78, 5) is 32.6. The third kappa shape index (κ3) is 8.96. The van der Waals surface area contributed by atoms with E-state index in [0.29, 0.717) is 6.42 Å². The lowest BCUT2D eigenvalue weighted by molar-refractivity contribution is -0.373. The Kier molecular flexibility index (Phi) is 6.96. The normalized spacial score (nSPS) is 13.8. The fourth-order valence-corrected chi connectivity index (χ4v) is 1.45. The molecular weight excluding hydrogens is 320 g/mol. The van der Waals surface area contributed by atoms with Crippen molar-refractivity contribution in [3.63, 3.8) is 0 Å². The second kappa shape index (κ2) is 7.21. The van der Waals surface area contributed by atoms with Gasteiger partial charge in [-0.2, -0.15) is 0 Å². The van der Waals surface area contributed by atoms with E-state index in [9.17, 15) is 9.59 Å². The van der Waals surface area contributed by atoms with Gasteiger partial charge in [-0.05, 0) is 41.5 Å². The summed E-state index contributed by atoms with van der Waals surface area (Å²) >= 11 is 2.43.